The molecule has 0 heterocycles. The number of thioether (sulfide) groups is 1. The Balaban J connectivity index is 2.02. The number of nitrogens with one attached hydrogen (secondary N) is 1. The van der Waals surface area contributed by atoms with E-state index in [4.69, 9.17) is 0 Å². The molecule has 2 rings (SSSR count). The quantitative estimate of drug-likeness (QED) is 0.783. The van der Waals surface area contributed by atoms with Crippen LogP contribution in [0.25, 0.3) is 0 Å². The molecule has 0 fully saturated rings. The first-order valence-corrected chi connectivity index (χ1v) is 10.7. The minimum atomic E-state index is -3.53. The van der Waals surface area contributed by atoms with Crippen LogP contribution in [0.3, 0.4) is 0 Å². The lowest BCUT2D eigenvalue weighted by Gasteiger charge is -2.15. The van der Waals surface area contributed by atoms with Crippen molar-refractivity contribution in [2.45, 2.75) is 29.7 Å². The maximum absolute atomic E-state index is 12.4. The van der Waals surface area contributed by atoms with Gasteiger partial charge in [-0.05, 0) is 43.2 Å². The summed E-state index contributed by atoms with van der Waals surface area (Å²) >= 11 is 1.55. The molecule has 140 valence electrons. The van der Waals surface area contributed by atoms with Gasteiger partial charge in [0, 0.05) is 25.5 Å². The number of amides is 1. The number of carbonyl (C=O) groups excluding carboxylic acids is 1. The molecule has 2 aromatic rings. The van der Waals surface area contributed by atoms with Crippen molar-refractivity contribution in [2.24, 2.45) is 0 Å². The molecule has 26 heavy (non-hydrogen) atoms. The van der Waals surface area contributed by atoms with E-state index < -0.39 is 10.0 Å². The summed E-state index contributed by atoms with van der Waals surface area (Å²) in [5, 5.41) is 2.54. The van der Waals surface area contributed by atoms with Crippen LogP contribution in [0.5, 0.6) is 0 Å². The molecule has 0 radical (unpaired) electrons. The number of carbonyl (C=O) groups is 1. The molecule has 0 aromatic heterocycles. The standard InChI is InChI=1S/C19H24N2O3S2/c1-14-8-5-6-9-16(14)13-25-15(2)19(22)20-17-10-7-11-18(12-17)26(23,24)21(3)4/h5-12,15H,13H2,1-4H3,(H,20,22). The molecule has 0 aliphatic carbocycles. The number of sulfonamides is 1. The number of aryl methyl sites for hydroxylation is 1. The van der Waals surface area contributed by atoms with Crippen LogP contribution < -0.4 is 5.32 Å². The molecular formula is C19H24N2O3S2. The predicted octanol–water partition coefficient (Wildman–Crippen LogP) is 3.51. The van der Waals surface area contributed by atoms with E-state index in [0.29, 0.717) is 5.69 Å². The van der Waals surface area contributed by atoms with Crippen LogP contribution in [0.2, 0.25) is 0 Å². The zero-order valence-corrected chi connectivity index (χ0v) is 17.0. The number of hydrogen-bond acceptors (Lipinski definition) is 4. The smallest absolute Gasteiger partial charge is 0.242 e. The summed E-state index contributed by atoms with van der Waals surface area (Å²) in [4.78, 5) is 12.6. The van der Waals surface area contributed by atoms with Gasteiger partial charge in [-0.15, -0.1) is 11.8 Å². The number of hydrogen-bond donors (Lipinski definition) is 1. The molecule has 1 unspecified atom stereocenters. The fourth-order valence-electron chi connectivity index (χ4n) is 2.25. The number of benzene rings is 2. The molecule has 1 amide bonds. The van der Waals surface area contributed by atoms with Gasteiger partial charge in [0.15, 0.2) is 0 Å². The van der Waals surface area contributed by atoms with Crippen molar-refractivity contribution < 1.29 is 13.2 Å². The van der Waals surface area contributed by atoms with E-state index in [1.165, 1.54) is 37.4 Å². The van der Waals surface area contributed by atoms with Crippen molar-refractivity contribution in [1.29, 1.82) is 0 Å². The lowest BCUT2D eigenvalue weighted by molar-refractivity contribution is -0.115. The predicted molar refractivity (Wildman–Crippen MR) is 108 cm³/mol. The average molecular weight is 393 g/mol. The van der Waals surface area contributed by atoms with Crippen molar-refractivity contribution in [2.75, 3.05) is 19.4 Å². The van der Waals surface area contributed by atoms with E-state index in [9.17, 15) is 13.2 Å². The molecule has 0 saturated carbocycles. The Labute approximate surface area is 159 Å². The van der Waals surface area contributed by atoms with E-state index in [2.05, 4.69) is 24.4 Å². The molecule has 0 spiro atoms. The topological polar surface area (TPSA) is 66.5 Å². The summed E-state index contributed by atoms with van der Waals surface area (Å²) in [6, 6.07) is 14.4. The van der Waals surface area contributed by atoms with E-state index in [1.54, 1.807) is 23.9 Å². The highest BCUT2D eigenvalue weighted by atomic mass is 32.2. The fraction of sp³-hybridized carbons (Fsp3) is 0.316. The highest BCUT2D eigenvalue weighted by molar-refractivity contribution is 7.99. The summed E-state index contributed by atoms with van der Waals surface area (Å²) in [6.07, 6.45) is 0. The average Bonchev–Trinajstić information content (AvgIpc) is 2.60. The van der Waals surface area contributed by atoms with E-state index in [0.717, 1.165) is 10.1 Å². The van der Waals surface area contributed by atoms with Gasteiger partial charge < -0.3 is 5.32 Å². The minimum absolute atomic E-state index is 0.150. The van der Waals surface area contributed by atoms with E-state index in [1.807, 2.05) is 19.1 Å². The zero-order valence-electron chi connectivity index (χ0n) is 15.4. The Morgan fingerprint density at radius 3 is 2.50 bits per heavy atom. The van der Waals surface area contributed by atoms with Gasteiger partial charge in [-0.1, -0.05) is 30.3 Å². The van der Waals surface area contributed by atoms with Gasteiger partial charge in [-0.25, -0.2) is 12.7 Å². The van der Waals surface area contributed by atoms with E-state index >= 15 is 0 Å². The van der Waals surface area contributed by atoms with Crippen molar-refractivity contribution in [3.05, 3.63) is 59.7 Å². The third-order valence-corrected chi connectivity index (χ3v) is 7.00. The first-order chi connectivity index (χ1) is 12.2. The number of nitrogens with zero attached hydrogens (tertiary/aromatic N) is 1. The summed E-state index contributed by atoms with van der Waals surface area (Å²) in [6.45, 7) is 3.90. The van der Waals surface area contributed by atoms with Crippen molar-refractivity contribution >= 4 is 33.4 Å². The third kappa shape index (κ3) is 5.09. The molecular weight excluding hydrogens is 368 g/mol. The molecule has 0 bridgehead atoms. The van der Waals surface area contributed by atoms with Crippen LogP contribution in [-0.2, 0) is 20.6 Å². The lowest BCUT2D eigenvalue weighted by atomic mass is 10.1. The molecule has 1 atom stereocenters. The van der Waals surface area contributed by atoms with E-state index in [-0.39, 0.29) is 16.1 Å². The van der Waals surface area contributed by atoms with Gasteiger partial charge in [-0.2, -0.15) is 0 Å². The molecule has 2 aromatic carbocycles. The van der Waals surface area contributed by atoms with Crippen LogP contribution in [0, 0.1) is 6.92 Å². The highest BCUT2D eigenvalue weighted by Gasteiger charge is 2.19. The monoisotopic (exact) mass is 392 g/mol. The van der Waals surface area contributed by atoms with Crippen molar-refractivity contribution in [3.8, 4) is 0 Å². The maximum Gasteiger partial charge on any atom is 0.242 e. The van der Waals surface area contributed by atoms with Gasteiger partial charge in [0.2, 0.25) is 15.9 Å². The maximum atomic E-state index is 12.4. The normalized spacial score (nSPS) is 12.8. The number of anilines is 1. The Hall–Kier alpha value is -1.83. The second-order valence-corrected chi connectivity index (χ2v) is 9.67. The Morgan fingerprint density at radius 1 is 1.15 bits per heavy atom. The molecule has 0 saturated heterocycles. The Morgan fingerprint density at radius 2 is 1.85 bits per heavy atom. The minimum Gasteiger partial charge on any atom is -0.325 e. The second kappa shape index (κ2) is 8.70. The van der Waals surface area contributed by atoms with Gasteiger partial charge in [0.1, 0.15) is 0 Å². The fourth-order valence-corrected chi connectivity index (χ4v) is 4.16. The molecule has 1 N–H and O–H groups in total. The molecule has 7 heteroatoms. The summed E-state index contributed by atoms with van der Waals surface area (Å²) in [5.41, 5.74) is 2.88. The lowest BCUT2D eigenvalue weighted by Crippen LogP contribution is -2.24. The van der Waals surface area contributed by atoms with Crippen molar-refractivity contribution in [3.63, 3.8) is 0 Å². The first kappa shape index (κ1) is 20.5. The van der Waals surface area contributed by atoms with Crippen LogP contribution in [0.15, 0.2) is 53.4 Å². The van der Waals surface area contributed by atoms with Crippen LogP contribution >= 0.6 is 11.8 Å². The van der Waals surface area contributed by atoms with Crippen LogP contribution in [0.1, 0.15) is 18.1 Å². The van der Waals surface area contributed by atoms with Gasteiger partial charge in [0.25, 0.3) is 0 Å². The molecule has 0 aliphatic rings. The molecule has 5 nitrogen and oxygen atoms in total. The second-order valence-electron chi connectivity index (χ2n) is 6.18. The Kier molecular flexibility index (Phi) is 6.86. The molecule has 0 aliphatic heterocycles. The SMILES string of the molecule is Cc1ccccc1CSC(C)C(=O)Nc1cccc(S(=O)(=O)N(C)C)c1. The van der Waals surface area contributed by atoms with Gasteiger partial charge in [-0.3, -0.25) is 4.79 Å². The largest absolute Gasteiger partial charge is 0.325 e. The van der Waals surface area contributed by atoms with Gasteiger partial charge >= 0.3 is 0 Å². The summed E-state index contributed by atoms with van der Waals surface area (Å²) in [5.74, 6) is 0.596. The summed E-state index contributed by atoms with van der Waals surface area (Å²) < 4.78 is 25.6. The van der Waals surface area contributed by atoms with Crippen LogP contribution in [0.4, 0.5) is 5.69 Å². The van der Waals surface area contributed by atoms with Crippen LogP contribution in [-0.4, -0.2) is 38.0 Å². The Bertz CT molecular complexity index is 880. The summed E-state index contributed by atoms with van der Waals surface area (Å²) in [7, 11) is -0.576. The first-order valence-electron chi connectivity index (χ1n) is 8.21. The zero-order chi connectivity index (χ0) is 19.3. The highest BCUT2D eigenvalue weighted by Crippen LogP contribution is 2.22. The van der Waals surface area contributed by atoms with Gasteiger partial charge in [0.05, 0.1) is 10.1 Å². The van der Waals surface area contributed by atoms with Crippen molar-refractivity contribution in [1.82, 2.24) is 4.31 Å². The number of rotatable bonds is 7. The third-order valence-electron chi connectivity index (χ3n) is 4.00.